The molecular formula is C12H6BrClF3NO2. The van der Waals surface area contributed by atoms with Gasteiger partial charge in [-0.05, 0) is 40.2 Å². The Balaban J connectivity index is 2.57. The van der Waals surface area contributed by atoms with Gasteiger partial charge in [0.1, 0.15) is 5.69 Å². The predicted molar refractivity (Wildman–Crippen MR) is 70.4 cm³/mol. The summed E-state index contributed by atoms with van der Waals surface area (Å²) in [5.41, 5.74) is -0.851. The lowest BCUT2D eigenvalue weighted by Crippen LogP contribution is -2.08. The molecule has 0 spiro atoms. The molecule has 0 bridgehead atoms. The summed E-state index contributed by atoms with van der Waals surface area (Å²) in [6, 6.07) is 4.07. The van der Waals surface area contributed by atoms with Crippen molar-refractivity contribution in [3.63, 3.8) is 0 Å². The van der Waals surface area contributed by atoms with Crippen molar-refractivity contribution >= 4 is 33.5 Å². The van der Waals surface area contributed by atoms with Crippen molar-refractivity contribution < 1.29 is 23.1 Å². The molecule has 0 saturated carbocycles. The zero-order chi connectivity index (χ0) is 15.1. The van der Waals surface area contributed by atoms with Gasteiger partial charge in [-0.1, -0.05) is 11.6 Å². The Bertz CT molecular complexity index is 682. The molecule has 0 aliphatic carbocycles. The Morgan fingerprint density at radius 1 is 1.30 bits per heavy atom. The van der Waals surface area contributed by atoms with E-state index in [9.17, 15) is 18.0 Å². The maximum atomic E-state index is 12.5. The van der Waals surface area contributed by atoms with Gasteiger partial charge in [0.25, 0.3) is 0 Å². The topological polar surface area (TPSA) is 42.2 Å². The quantitative estimate of drug-likeness (QED) is 0.841. The van der Waals surface area contributed by atoms with Crippen LogP contribution in [0.1, 0.15) is 16.1 Å². The van der Waals surface area contributed by atoms with Gasteiger partial charge in [0.15, 0.2) is 0 Å². The first kappa shape index (κ1) is 14.9. The van der Waals surface area contributed by atoms with Gasteiger partial charge in [-0.3, -0.25) is 0 Å². The minimum Gasteiger partial charge on any atom is -0.477 e. The molecule has 3 nitrogen and oxygen atoms in total. The molecule has 1 N–H and O–H groups in total. The van der Waals surface area contributed by atoms with Crippen LogP contribution in [0.3, 0.4) is 0 Å². The Morgan fingerprint density at radius 3 is 2.45 bits per heavy atom. The van der Waals surface area contributed by atoms with Gasteiger partial charge in [-0.25, -0.2) is 4.79 Å². The summed E-state index contributed by atoms with van der Waals surface area (Å²) in [6.07, 6.45) is -3.09. The summed E-state index contributed by atoms with van der Waals surface area (Å²) >= 11 is 8.94. The highest BCUT2D eigenvalue weighted by atomic mass is 79.9. The fraction of sp³-hybridized carbons (Fsp3) is 0.0833. The molecule has 0 aliphatic heterocycles. The van der Waals surface area contributed by atoms with Crippen LogP contribution in [0.15, 0.2) is 34.9 Å². The van der Waals surface area contributed by atoms with E-state index in [2.05, 4.69) is 15.9 Å². The maximum absolute atomic E-state index is 12.5. The van der Waals surface area contributed by atoms with Gasteiger partial charge in [0.05, 0.1) is 16.3 Å². The van der Waals surface area contributed by atoms with E-state index < -0.39 is 17.7 Å². The largest absolute Gasteiger partial charge is 0.477 e. The van der Waals surface area contributed by atoms with Crippen LogP contribution in [0.25, 0.3) is 5.69 Å². The van der Waals surface area contributed by atoms with Crippen molar-refractivity contribution in [2.45, 2.75) is 6.18 Å². The molecule has 0 unspecified atom stereocenters. The highest BCUT2D eigenvalue weighted by Gasteiger charge is 2.31. The average Bonchev–Trinajstić information content (AvgIpc) is 2.70. The fourth-order valence-electron chi connectivity index (χ4n) is 1.67. The first-order chi connectivity index (χ1) is 9.20. The van der Waals surface area contributed by atoms with Crippen LogP contribution in [-0.4, -0.2) is 15.6 Å². The summed E-state index contributed by atoms with van der Waals surface area (Å²) in [5, 5.41) is 8.86. The van der Waals surface area contributed by atoms with Crippen LogP contribution < -0.4 is 0 Å². The Hall–Kier alpha value is -1.47. The second-order valence-electron chi connectivity index (χ2n) is 3.88. The van der Waals surface area contributed by atoms with E-state index in [0.29, 0.717) is 4.47 Å². The fourth-order valence-corrected chi connectivity index (χ4v) is 2.37. The third-order valence-corrected chi connectivity index (χ3v) is 3.28. The molecule has 8 heteroatoms. The van der Waals surface area contributed by atoms with Gasteiger partial charge < -0.3 is 9.67 Å². The van der Waals surface area contributed by atoms with Crippen molar-refractivity contribution in [3.8, 4) is 5.69 Å². The van der Waals surface area contributed by atoms with Crippen molar-refractivity contribution in [2.24, 2.45) is 0 Å². The number of aromatic carboxylic acids is 1. The molecule has 0 fully saturated rings. The van der Waals surface area contributed by atoms with E-state index in [-0.39, 0.29) is 16.4 Å². The van der Waals surface area contributed by atoms with Crippen LogP contribution >= 0.6 is 27.5 Å². The molecule has 0 radical (unpaired) electrons. The summed E-state index contributed by atoms with van der Waals surface area (Å²) < 4.78 is 39.3. The lowest BCUT2D eigenvalue weighted by atomic mass is 10.2. The molecule has 2 rings (SSSR count). The molecule has 2 aromatic rings. The monoisotopic (exact) mass is 367 g/mol. The smallest absolute Gasteiger partial charge is 0.416 e. The zero-order valence-corrected chi connectivity index (χ0v) is 11.9. The number of carboxylic acid groups (broad SMARTS) is 1. The van der Waals surface area contributed by atoms with E-state index in [0.717, 1.165) is 18.2 Å². The Labute approximate surface area is 124 Å². The second-order valence-corrected chi connectivity index (χ2v) is 5.21. The predicted octanol–water partition coefficient (Wildman–Crippen LogP) is 4.61. The maximum Gasteiger partial charge on any atom is 0.416 e. The first-order valence-electron chi connectivity index (χ1n) is 5.18. The van der Waals surface area contributed by atoms with Gasteiger partial charge in [0, 0.05) is 10.7 Å². The summed E-state index contributed by atoms with van der Waals surface area (Å²) in [5.74, 6) is -1.22. The Kier molecular flexibility index (Phi) is 3.84. The van der Waals surface area contributed by atoms with E-state index >= 15 is 0 Å². The highest BCUT2D eigenvalue weighted by molar-refractivity contribution is 9.10. The van der Waals surface area contributed by atoms with Crippen LogP contribution in [0.5, 0.6) is 0 Å². The number of aromatic nitrogens is 1. The van der Waals surface area contributed by atoms with Crippen molar-refractivity contribution in [1.82, 2.24) is 4.57 Å². The van der Waals surface area contributed by atoms with Crippen molar-refractivity contribution in [1.29, 1.82) is 0 Å². The van der Waals surface area contributed by atoms with Crippen molar-refractivity contribution in [2.75, 3.05) is 0 Å². The van der Waals surface area contributed by atoms with Crippen LogP contribution in [0, 0.1) is 0 Å². The molecule has 20 heavy (non-hydrogen) atoms. The molecule has 0 amide bonds. The number of nitrogens with zero attached hydrogens (tertiary/aromatic N) is 1. The molecule has 106 valence electrons. The average molecular weight is 369 g/mol. The molecule has 1 aromatic heterocycles. The van der Waals surface area contributed by atoms with Crippen LogP contribution in [-0.2, 0) is 6.18 Å². The number of hydrogen-bond acceptors (Lipinski definition) is 1. The van der Waals surface area contributed by atoms with Crippen LogP contribution in [0.4, 0.5) is 13.2 Å². The minimum atomic E-state index is -4.50. The Morgan fingerprint density at radius 2 is 1.95 bits per heavy atom. The normalized spacial score (nSPS) is 11.7. The molecule has 0 saturated heterocycles. The van der Waals surface area contributed by atoms with Gasteiger partial charge >= 0.3 is 12.1 Å². The van der Waals surface area contributed by atoms with Crippen LogP contribution in [0.2, 0.25) is 5.02 Å². The first-order valence-corrected chi connectivity index (χ1v) is 6.35. The SMILES string of the molecule is O=C(O)c1cc(Br)cn1-c1ccc(C(F)(F)F)cc1Cl. The third-order valence-electron chi connectivity index (χ3n) is 2.54. The summed E-state index contributed by atoms with van der Waals surface area (Å²) in [7, 11) is 0. The molecule has 0 aliphatic rings. The number of rotatable bonds is 2. The molecule has 1 aromatic carbocycles. The number of alkyl halides is 3. The summed E-state index contributed by atoms with van der Waals surface area (Å²) in [6.45, 7) is 0. The number of benzene rings is 1. The second kappa shape index (κ2) is 5.14. The van der Waals surface area contributed by atoms with E-state index in [1.165, 1.54) is 16.8 Å². The summed E-state index contributed by atoms with van der Waals surface area (Å²) in [4.78, 5) is 11.1. The van der Waals surface area contributed by atoms with Gasteiger partial charge in [-0.2, -0.15) is 13.2 Å². The molecule has 0 atom stereocenters. The highest BCUT2D eigenvalue weighted by Crippen LogP contribution is 2.34. The molecular weight excluding hydrogens is 362 g/mol. The number of halogens is 5. The van der Waals surface area contributed by atoms with Gasteiger partial charge in [-0.15, -0.1) is 0 Å². The van der Waals surface area contributed by atoms with E-state index in [4.69, 9.17) is 16.7 Å². The number of carbonyl (C=O) groups is 1. The van der Waals surface area contributed by atoms with E-state index in [1.807, 2.05) is 0 Å². The van der Waals surface area contributed by atoms with Gasteiger partial charge in [0.2, 0.25) is 0 Å². The zero-order valence-electron chi connectivity index (χ0n) is 9.58. The third kappa shape index (κ3) is 2.83. The lowest BCUT2D eigenvalue weighted by molar-refractivity contribution is -0.137. The van der Waals surface area contributed by atoms with E-state index in [1.54, 1.807) is 0 Å². The molecule has 1 heterocycles. The lowest BCUT2D eigenvalue weighted by Gasteiger charge is -2.12. The number of carboxylic acids is 1. The standard InChI is InChI=1S/C12H6BrClF3NO2/c13-7-4-10(11(19)20)18(5-7)9-2-1-6(3-8(9)14)12(15,16)17/h1-5H,(H,19,20). The van der Waals surface area contributed by atoms with Crippen molar-refractivity contribution in [3.05, 3.63) is 51.2 Å². The number of hydrogen-bond donors (Lipinski definition) is 1. The minimum absolute atomic E-state index is 0.112.